The van der Waals surface area contributed by atoms with Gasteiger partial charge in [-0.2, -0.15) is 0 Å². The number of benzene rings is 1. The van der Waals surface area contributed by atoms with E-state index in [0.717, 1.165) is 0 Å². The number of nitrogens with one attached hydrogen (secondary N) is 1. The summed E-state index contributed by atoms with van der Waals surface area (Å²) in [6.07, 6.45) is 1.30. The quantitative estimate of drug-likeness (QED) is 0.571. The number of hydrogen-bond donors (Lipinski definition) is 3. The summed E-state index contributed by atoms with van der Waals surface area (Å²) >= 11 is 0. The van der Waals surface area contributed by atoms with Crippen molar-refractivity contribution in [2.45, 2.75) is 25.0 Å². The molecule has 7 nitrogen and oxygen atoms in total. The molecule has 0 radical (unpaired) electrons. The van der Waals surface area contributed by atoms with Crippen LogP contribution in [0.2, 0.25) is 0 Å². The number of unbranched alkanes of at least 4 members (excludes halogenated alkanes) is 1. The minimum Gasteiger partial charge on any atom is -0.478 e. The van der Waals surface area contributed by atoms with Crippen LogP contribution in [0.25, 0.3) is 0 Å². The number of carbonyl (C=O) groups excluding carboxylic acids is 1. The van der Waals surface area contributed by atoms with E-state index in [1.807, 2.05) is 0 Å². The third-order valence-electron chi connectivity index (χ3n) is 2.73. The van der Waals surface area contributed by atoms with Crippen LogP contribution < -0.4 is 10.5 Å². The fourth-order valence-corrected chi connectivity index (χ4v) is 2.85. The first kappa shape index (κ1) is 17.1. The molecule has 21 heavy (non-hydrogen) atoms. The van der Waals surface area contributed by atoms with E-state index >= 15 is 0 Å². The summed E-state index contributed by atoms with van der Waals surface area (Å²) in [6.45, 7) is 0.239. The van der Waals surface area contributed by atoms with Crippen molar-refractivity contribution in [1.82, 2.24) is 4.72 Å². The molecular formula is C13H18N2O5S. The van der Waals surface area contributed by atoms with Gasteiger partial charge in [0.2, 0.25) is 15.9 Å². The van der Waals surface area contributed by atoms with Crippen molar-refractivity contribution in [3.63, 3.8) is 0 Å². The zero-order valence-electron chi connectivity index (χ0n) is 11.4. The molecular weight excluding hydrogens is 296 g/mol. The van der Waals surface area contributed by atoms with E-state index < -0.39 is 21.9 Å². The molecule has 0 heterocycles. The van der Waals surface area contributed by atoms with Crippen molar-refractivity contribution in [3.05, 3.63) is 35.4 Å². The highest BCUT2D eigenvalue weighted by atomic mass is 32.2. The molecule has 0 saturated heterocycles. The number of nitrogens with two attached hydrogens (primary N) is 1. The maximum absolute atomic E-state index is 11.8. The molecule has 1 aromatic rings. The van der Waals surface area contributed by atoms with Crippen LogP contribution in [0.4, 0.5) is 0 Å². The van der Waals surface area contributed by atoms with Crippen LogP contribution in [0, 0.1) is 0 Å². The Kier molecular flexibility index (Phi) is 6.32. The fourth-order valence-electron chi connectivity index (χ4n) is 1.67. The molecule has 4 N–H and O–H groups in total. The van der Waals surface area contributed by atoms with Gasteiger partial charge in [-0.05, 0) is 30.5 Å². The zero-order valence-corrected chi connectivity index (χ0v) is 12.2. The maximum atomic E-state index is 11.8. The highest BCUT2D eigenvalue weighted by molar-refractivity contribution is 7.88. The number of aromatic carboxylic acids is 1. The van der Waals surface area contributed by atoms with Crippen molar-refractivity contribution in [2.75, 3.05) is 6.54 Å². The molecule has 0 saturated carbocycles. The SMILES string of the molecule is NC(=O)CCCCNS(=O)(=O)Cc1ccc(C(=O)O)cc1. The molecule has 0 aliphatic carbocycles. The summed E-state index contributed by atoms with van der Waals surface area (Å²) in [7, 11) is -3.48. The summed E-state index contributed by atoms with van der Waals surface area (Å²) in [5.74, 6) is -1.68. The molecule has 0 unspecified atom stereocenters. The van der Waals surface area contributed by atoms with Crippen molar-refractivity contribution < 1.29 is 23.1 Å². The summed E-state index contributed by atoms with van der Waals surface area (Å²) in [5.41, 5.74) is 5.59. The first-order chi connectivity index (χ1) is 9.80. The van der Waals surface area contributed by atoms with Crippen LogP contribution >= 0.6 is 0 Å². The summed E-state index contributed by atoms with van der Waals surface area (Å²) in [5, 5.41) is 8.75. The van der Waals surface area contributed by atoms with Crippen molar-refractivity contribution in [1.29, 1.82) is 0 Å². The van der Waals surface area contributed by atoms with Crippen LogP contribution in [0.5, 0.6) is 0 Å². The molecule has 1 rings (SSSR count). The van der Waals surface area contributed by atoms with Crippen LogP contribution in [0.3, 0.4) is 0 Å². The minimum atomic E-state index is -3.48. The fraction of sp³-hybridized carbons (Fsp3) is 0.385. The number of carboxylic acids is 1. The van der Waals surface area contributed by atoms with Gasteiger partial charge in [-0.3, -0.25) is 4.79 Å². The highest BCUT2D eigenvalue weighted by Gasteiger charge is 2.11. The van der Waals surface area contributed by atoms with Crippen molar-refractivity contribution in [3.8, 4) is 0 Å². The Hall–Kier alpha value is -1.93. The molecule has 8 heteroatoms. The number of hydrogen-bond acceptors (Lipinski definition) is 4. The van der Waals surface area contributed by atoms with E-state index in [0.29, 0.717) is 18.4 Å². The molecule has 0 aromatic heterocycles. The van der Waals surface area contributed by atoms with Gasteiger partial charge >= 0.3 is 5.97 Å². The number of rotatable bonds is 9. The molecule has 0 aliphatic heterocycles. The third-order valence-corrected chi connectivity index (χ3v) is 4.09. The Morgan fingerprint density at radius 2 is 1.76 bits per heavy atom. The lowest BCUT2D eigenvalue weighted by Gasteiger charge is -2.07. The molecule has 116 valence electrons. The number of sulfonamides is 1. The third kappa shape index (κ3) is 6.87. The summed E-state index contributed by atoms with van der Waals surface area (Å²) < 4.78 is 26.0. The molecule has 0 fully saturated rings. The number of primary amides is 1. The van der Waals surface area contributed by atoms with Gasteiger partial charge in [0, 0.05) is 13.0 Å². The Morgan fingerprint density at radius 3 is 2.29 bits per heavy atom. The smallest absolute Gasteiger partial charge is 0.335 e. The summed E-state index contributed by atoms with van der Waals surface area (Å²) in [4.78, 5) is 21.2. The zero-order chi connectivity index (χ0) is 15.9. The van der Waals surface area contributed by atoms with E-state index in [4.69, 9.17) is 10.8 Å². The van der Waals surface area contributed by atoms with Gasteiger partial charge in [-0.1, -0.05) is 12.1 Å². The molecule has 0 aliphatic rings. The lowest BCUT2D eigenvalue weighted by molar-refractivity contribution is -0.118. The maximum Gasteiger partial charge on any atom is 0.335 e. The lowest BCUT2D eigenvalue weighted by Crippen LogP contribution is -2.26. The Labute approximate surface area is 123 Å². The molecule has 0 atom stereocenters. The molecule has 1 aromatic carbocycles. The summed E-state index contributed by atoms with van der Waals surface area (Å²) in [6, 6.07) is 5.66. The average Bonchev–Trinajstić information content (AvgIpc) is 2.38. The Balaban J connectivity index is 2.44. The van der Waals surface area contributed by atoms with Gasteiger partial charge in [-0.25, -0.2) is 17.9 Å². The van der Waals surface area contributed by atoms with Gasteiger partial charge in [0.1, 0.15) is 0 Å². The van der Waals surface area contributed by atoms with Gasteiger partial charge in [0.25, 0.3) is 0 Å². The van der Waals surface area contributed by atoms with Crippen LogP contribution in [0.15, 0.2) is 24.3 Å². The van der Waals surface area contributed by atoms with E-state index in [9.17, 15) is 18.0 Å². The largest absolute Gasteiger partial charge is 0.478 e. The highest BCUT2D eigenvalue weighted by Crippen LogP contribution is 2.08. The lowest BCUT2D eigenvalue weighted by atomic mass is 10.1. The minimum absolute atomic E-state index is 0.107. The van der Waals surface area contributed by atoms with Gasteiger partial charge in [0.15, 0.2) is 0 Å². The van der Waals surface area contributed by atoms with Gasteiger partial charge < -0.3 is 10.8 Å². The predicted molar refractivity (Wildman–Crippen MR) is 77.1 cm³/mol. The van der Waals surface area contributed by atoms with Crippen LogP contribution in [-0.2, 0) is 20.6 Å². The van der Waals surface area contributed by atoms with Gasteiger partial charge in [-0.15, -0.1) is 0 Å². The van der Waals surface area contributed by atoms with E-state index in [-0.39, 0.29) is 24.3 Å². The number of carbonyl (C=O) groups is 2. The predicted octanol–water partition coefficient (Wildman–Crippen LogP) is 0.460. The first-order valence-corrected chi connectivity index (χ1v) is 8.03. The second-order valence-electron chi connectivity index (χ2n) is 4.58. The van der Waals surface area contributed by atoms with E-state index in [1.54, 1.807) is 0 Å². The van der Waals surface area contributed by atoms with Crippen molar-refractivity contribution in [2.24, 2.45) is 5.73 Å². The normalized spacial score (nSPS) is 11.2. The standard InChI is InChI=1S/C13H18N2O5S/c14-12(16)3-1-2-8-15-21(19,20)9-10-4-6-11(7-5-10)13(17)18/h4-7,15H,1-3,8-9H2,(H2,14,16)(H,17,18). The first-order valence-electron chi connectivity index (χ1n) is 6.38. The second-order valence-corrected chi connectivity index (χ2v) is 6.39. The number of carboxylic acid groups (broad SMARTS) is 1. The topological polar surface area (TPSA) is 127 Å². The molecule has 0 bridgehead atoms. The second kappa shape index (κ2) is 7.75. The van der Waals surface area contributed by atoms with Crippen LogP contribution in [-0.4, -0.2) is 31.9 Å². The van der Waals surface area contributed by atoms with Crippen LogP contribution in [0.1, 0.15) is 35.2 Å². The Morgan fingerprint density at radius 1 is 1.14 bits per heavy atom. The van der Waals surface area contributed by atoms with Gasteiger partial charge in [0.05, 0.1) is 11.3 Å². The monoisotopic (exact) mass is 314 g/mol. The van der Waals surface area contributed by atoms with Crippen molar-refractivity contribution >= 4 is 21.9 Å². The van der Waals surface area contributed by atoms with E-state index in [2.05, 4.69) is 4.72 Å². The molecule has 0 spiro atoms. The molecule has 1 amide bonds. The average molecular weight is 314 g/mol. The number of amides is 1. The van der Waals surface area contributed by atoms with E-state index in [1.165, 1.54) is 24.3 Å². The Bertz CT molecular complexity index is 595.